The fourth-order valence-electron chi connectivity index (χ4n) is 2.67. The average Bonchev–Trinajstić information content (AvgIpc) is 2.79. The molecule has 1 amide bonds. The molecule has 4 N–H and O–H groups in total. The summed E-state index contributed by atoms with van der Waals surface area (Å²) in [6.45, 7) is 4.76. The van der Waals surface area contributed by atoms with Crippen LogP contribution in [0.2, 0.25) is 0 Å². The highest BCUT2D eigenvalue weighted by molar-refractivity contribution is 5.96. The third kappa shape index (κ3) is 3.19. The van der Waals surface area contributed by atoms with Crippen LogP contribution in [0.4, 0.5) is 11.4 Å². The summed E-state index contributed by atoms with van der Waals surface area (Å²) in [5.41, 5.74) is 8.33. The van der Waals surface area contributed by atoms with Crippen LogP contribution in [0.15, 0.2) is 18.2 Å². The molecule has 1 aromatic carbocycles. The Morgan fingerprint density at radius 2 is 2.05 bits per heavy atom. The Labute approximate surface area is 114 Å². The molecule has 1 fully saturated rings. The Morgan fingerprint density at radius 3 is 2.68 bits per heavy atom. The van der Waals surface area contributed by atoms with Gasteiger partial charge in [0.1, 0.15) is 0 Å². The van der Waals surface area contributed by atoms with Gasteiger partial charge in [0, 0.05) is 17.6 Å². The first-order valence-corrected chi connectivity index (χ1v) is 7.00. The van der Waals surface area contributed by atoms with Crippen LogP contribution < -0.4 is 16.4 Å². The molecule has 19 heavy (non-hydrogen) atoms. The topological polar surface area (TPSA) is 67.2 Å². The fourth-order valence-corrected chi connectivity index (χ4v) is 2.67. The second-order valence-corrected chi connectivity index (χ2v) is 5.55. The predicted molar refractivity (Wildman–Crippen MR) is 79.4 cm³/mol. The van der Waals surface area contributed by atoms with E-state index in [1.807, 2.05) is 13.0 Å². The van der Waals surface area contributed by atoms with Gasteiger partial charge in [-0.1, -0.05) is 12.8 Å². The summed E-state index contributed by atoms with van der Waals surface area (Å²) in [7, 11) is 0. The Balaban J connectivity index is 2.19. The summed E-state index contributed by atoms with van der Waals surface area (Å²) in [5, 5.41) is 6.32. The standard InChI is InChI=1S/C15H23N3O/c1-3-17-14(19)11-6-7-12(16)13(10-11)18-15(2)8-4-5-9-15/h6-7,10,18H,3-5,8-9,16H2,1-2H3,(H,17,19). The van der Waals surface area contributed by atoms with Crippen molar-refractivity contribution in [1.82, 2.24) is 5.32 Å². The van der Waals surface area contributed by atoms with E-state index in [1.54, 1.807) is 12.1 Å². The van der Waals surface area contributed by atoms with Crippen LogP contribution in [-0.2, 0) is 0 Å². The number of amides is 1. The van der Waals surface area contributed by atoms with Crippen molar-refractivity contribution in [2.75, 3.05) is 17.6 Å². The second-order valence-electron chi connectivity index (χ2n) is 5.55. The Kier molecular flexibility index (Phi) is 3.98. The van der Waals surface area contributed by atoms with Crippen molar-refractivity contribution >= 4 is 17.3 Å². The maximum Gasteiger partial charge on any atom is 0.251 e. The van der Waals surface area contributed by atoms with Crippen LogP contribution in [0.5, 0.6) is 0 Å². The van der Waals surface area contributed by atoms with E-state index in [-0.39, 0.29) is 11.4 Å². The first-order valence-electron chi connectivity index (χ1n) is 7.00. The smallest absolute Gasteiger partial charge is 0.251 e. The summed E-state index contributed by atoms with van der Waals surface area (Å²) >= 11 is 0. The summed E-state index contributed by atoms with van der Waals surface area (Å²) in [5.74, 6) is -0.0536. The number of carbonyl (C=O) groups is 1. The molecular weight excluding hydrogens is 238 g/mol. The van der Waals surface area contributed by atoms with Gasteiger partial charge in [-0.3, -0.25) is 4.79 Å². The van der Waals surface area contributed by atoms with Crippen LogP contribution in [0.3, 0.4) is 0 Å². The molecule has 0 bridgehead atoms. The van der Waals surface area contributed by atoms with E-state index < -0.39 is 0 Å². The zero-order chi connectivity index (χ0) is 13.9. The van der Waals surface area contributed by atoms with Gasteiger partial charge in [0.15, 0.2) is 0 Å². The predicted octanol–water partition coefficient (Wildman–Crippen LogP) is 2.76. The number of rotatable bonds is 4. The lowest BCUT2D eigenvalue weighted by molar-refractivity contribution is 0.0956. The molecule has 1 aromatic rings. The largest absolute Gasteiger partial charge is 0.397 e. The first-order chi connectivity index (χ1) is 9.04. The zero-order valence-electron chi connectivity index (χ0n) is 11.8. The third-order valence-corrected chi connectivity index (χ3v) is 3.80. The summed E-state index contributed by atoms with van der Waals surface area (Å²) < 4.78 is 0. The molecule has 0 aromatic heterocycles. The lowest BCUT2D eigenvalue weighted by Gasteiger charge is -2.27. The van der Waals surface area contributed by atoms with Gasteiger partial charge in [-0.05, 0) is 44.9 Å². The first kappa shape index (κ1) is 13.7. The zero-order valence-corrected chi connectivity index (χ0v) is 11.8. The number of nitrogens with one attached hydrogen (secondary N) is 2. The highest BCUT2D eigenvalue weighted by Crippen LogP contribution is 2.34. The maximum absolute atomic E-state index is 11.8. The van der Waals surface area contributed by atoms with E-state index in [1.165, 1.54) is 12.8 Å². The molecule has 0 unspecified atom stereocenters. The van der Waals surface area contributed by atoms with Gasteiger partial charge in [-0.2, -0.15) is 0 Å². The van der Waals surface area contributed by atoms with Gasteiger partial charge >= 0.3 is 0 Å². The minimum Gasteiger partial charge on any atom is -0.397 e. The fraction of sp³-hybridized carbons (Fsp3) is 0.533. The molecule has 0 spiro atoms. The maximum atomic E-state index is 11.8. The second kappa shape index (κ2) is 5.51. The van der Waals surface area contributed by atoms with Crippen LogP contribution in [0, 0.1) is 0 Å². The van der Waals surface area contributed by atoms with Gasteiger partial charge in [-0.25, -0.2) is 0 Å². The minimum atomic E-state index is -0.0536. The molecule has 0 heterocycles. The van der Waals surface area contributed by atoms with Crippen LogP contribution >= 0.6 is 0 Å². The number of hydrogen-bond acceptors (Lipinski definition) is 3. The Hall–Kier alpha value is -1.71. The third-order valence-electron chi connectivity index (χ3n) is 3.80. The normalized spacial score (nSPS) is 17.2. The SMILES string of the molecule is CCNC(=O)c1ccc(N)c(NC2(C)CCCC2)c1. The van der Waals surface area contributed by atoms with Gasteiger partial charge in [0.2, 0.25) is 0 Å². The number of nitrogen functional groups attached to an aromatic ring is 1. The molecule has 1 aliphatic rings. The number of nitrogens with two attached hydrogens (primary N) is 1. The van der Waals surface area contributed by atoms with Gasteiger partial charge in [-0.15, -0.1) is 0 Å². The lowest BCUT2D eigenvalue weighted by Crippen LogP contribution is -2.31. The van der Waals surface area contributed by atoms with E-state index >= 15 is 0 Å². The summed E-state index contributed by atoms with van der Waals surface area (Å²) in [6.07, 6.45) is 4.80. The van der Waals surface area contributed by atoms with Crippen molar-refractivity contribution in [3.05, 3.63) is 23.8 Å². The van der Waals surface area contributed by atoms with Crippen molar-refractivity contribution in [3.63, 3.8) is 0 Å². The molecule has 4 nitrogen and oxygen atoms in total. The van der Waals surface area contributed by atoms with E-state index in [0.29, 0.717) is 17.8 Å². The monoisotopic (exact) mass is 261 g/mol. The van der Waals surface area contributed by atoms with Crippen molar-refractivity contribution in [2.24, 2.45) is 0 Å². The lowest BCUT2D eigenvalue weighted by atomic mass is 9.99. The number of hydrogen-bond donors (Lipinski definition) is 3. The molecule has 1 aliphatic carbocycles. The molecule has 2 rings (SSSR count). The number of anilines is 2. The molecule has 0 radical (unpaired) electrons. The van der Waals surface area contributed by atoms with Crippen molar-refractivity contribution in [1.29, 1.82) is 0 Å². The van der Waals surface area contributed by atoms with Crippen molar-refractivity contribution < 1.29 is 4.79 Å². The van der Waals surface area contributed by atoms with E-state index in [2.05, 4.69) is 17.6 Å². The van der Waals surface area contributed by atoms with E-state index in [9.17, 15) is 4.79 Å². The highest BCUT2D eigenvalue weighted by Gasteiger charge is 2.28. The Morgan fingerprint density at radius 1 is 1.37 bits per heavy atom. The van der Waals surface area contributed by atoms with Gasteiger partial charge < -0.3 is 16.4 Å². The van der Waals surface area contributed by atoms with Crippen LogP contribution in [0.1, 0.15) is 49.9 Å². The summed E-state index contributed by atoms with van der Waals surface area (Å²) in [4.78, 5) is 11.8. The molecule has 0 aliphatic heterocycles. The minimum absolute atomic E-state index is 0.0536. The number of benzene rings is 1. The molecular formula is C15H23N3O. The molecule has 0 atom stereocenters. The highest BCUT2D eigenvalue weighted by atomic mass is 16.1. The van der Waals surface area contributed by atoms with Gasteiger partial charge in [0.25, 0.3) is 5.91 Å². The van der Waals surface area contributed by atoms with Crippen LogP contribution in [0.25, 0.3) is 0 Å². The van der Waals surface area contributed by atoms with Crippen LogP contribution in [-0.4, -0.2) is 18.0 Å². The Bertz CT molecular complexity index is 464. The molecule has 0 saturated heterocycles. The summed E-state index contributed by atoms with van der Waals surface area (Å²) in [6, 6.07) is 5.41. The molecule has 104 valence electrons. The van der Waals surface area contributed by atoms with Gasteiger partial charge in [0.05, 0.1) is 11.4 Å². The number of carbonyl (C=O) groups excluding carboxylic acids is 1. The van der Waals surface area contributed by atoms with E-state index in [4.69, 9.17) is 5.73 Å². The van der Waals surface area contributed by atoms with Crippen molar-refractivity contribution in [2.45, 2.75) is 45.1 Å². The van der Waals surface area contributed by atoms with Crippen molar-refractivity contribution in [3.8, 4) is 0 Å². The van der Waals surface area contributed by atoms with E-state index in [0.717, 1.165) is 18.5 Å². The quantitative estimate of drug-likeness (QED) is 0.730. The average molecular weight is 261 g/mol. The molecule has 4 heteroatoms. The molecule has 1 saturated carbocycles.